The van der Waals surface area contributed by atoms with Crippen LogP contribution in [-0.2, 0) is 4.74 Å². The largest absolute Gasteiger partial charge is 0.378 e. The molecule has 18 heavy (non-hydrogen) atoms. The van der Waals surface area contributed by atoms with Gasteiger partial charge < -0.3 is 10.1 Å². The van der Waals surface area contributed by atoms with Crippen LogP contribution in [0.15, 0.2) is 0 Å². The van der Waals surface area contributed by atoms with E-state index in [-0.39, 0.29) is 0 Å². The molecule has 2 unspecified atom stereocenters. The lowest BCUT2D eigenvalue weighted by Crippen LogP contribution is -2.36. The van der Waals surface area contributed by atoms with E-state index in [0.29, 0.717) is 12.1 Å². The molecule has 2 fully saturated rings. The molecule has 0 aromatic carbocycles. The molecule has 0 bridgehead atoms. The Hall–Kier alpha value is -0.0800. The van der Waals surface area contributed by atoms with Gasteiger partial charge in [-0.05, 0) is 44.6 Å². The van der Waals surface area contributed by atoms with Crippen LogP contribution >= 0.6 is 0 Å². The van der Waals surface area contributed by atoms with Gasteiger partial charge in [0, 0.05) is 12.6 Å². The van der Waals surface area contributed by atoms with Crippen LogP contribution < -0.4 is 5.32 Å². The Morgan fingerprint density at radius 1 is 1.00 bits per heavy atom. The molecular weight excluding hydrogens is 222 g/mol. The number of rotatable bonds is 6. The zero-order valence-electron chi connectivity index (χ0n) is 12.1. The molecule has 1 saturated heterocycles. The van der Waals surface area contributed by atoms with Crippen molar-refractivity contribution in [3.05, 3.63) is 0 Å². The second kappa shape index (κ2) is 8.16. The van der Waals surface area contributed by atoms with E-state index in [9.17, 15) is 0 Å². The average molecular weight is 253 g/mol. The highest BCUT2D eigenvalue weighted by Crippen LogP contribution is 2.29. The molecular formula is C16H31NO. The number of nitrogens with one attached hydrogen (secondary N) is 1. The lowest BCUT2D eigenvalue weighted by Gasteiger charge is -2.31. The molecule has 2 atom stereocenters. The molecule has 1 aliphatic carbocycles. The Balaban J connectivity index is 1.74. The first-order valence-electron chi connectivity index (χ1n) is 8.23. The molecule has 2 aliphatic rings. The monoisotopic (exact) mass is 253 g/mol. The van der Waals surface area contributed by atoms with E-state index >= 15 is 0 Å². The van der Waals surface area contributed by atoms with Crippen LogP contribution in [0, 0.1) is 5.92 Å². The van der Waals surface area contributed by atoms with Gasteiger partial charge in [0.15, 0.2) is 0 Å². The van der Waals surface area contributed by atoms with Gasteiger partial charge in [-0.1, -0.05) is 39.0 Å². The van der Waals surface area contributed by atoms with Gasteiger partial charge in [0.2, 0.25) is 0 Å². The van der Waals surface area contributed by atoms with Gasteiger partial charge in [-0.25, -0.2) is 0 Å². The third kappa shape index (κ3) is 4.89. The molecule has 0 aromatic heterocycles. The van der Waals surface area contributed by atoms with Crippen molar-refractivity contribution >= 4 is 0 Å². The van der Waals surface area contributed by atoms with E-state index in [1.54, 1.807) is 0 Å². The topological polar surface area (TPSA) is 21.3 Å². The van der Waals surface area contributed by atoms with Gasteiger partial charge in [-0.2, -0.15) is 0 Å². The summed E-state index contributed by atoms with van der Waals surface area (Å²) in [6.07, 6.45) is 14.4. The minimum atomic E-state index is 0.534. The van der Waals surface area contributed by atoms with Crippen LogP contribution in [0.4, 0.5) is 0 Å². The summed E-state index contributed by atoms with van der Waals surface area (Å²) in [6.45, 7) is 4.33. The van der Waals surface area contributed by atoms with Gasteiger partial charge in [0.1, 0.15) is 0 Å². The Bertz CT molecular complexity index is 187. The first-order chi connectivity index (χ1) is 8.88. The molecule has 0 radical (unpaired) electrons. The highest BCUT2D eigenvalue weighted by molar-refractivity contribution is 4.78. The maximum Gasteiger partial charge on any atom is 0.0590 e. The number of hydrogen-bond donors (Lipinski definition) is 1. The van der Waals surface area contributed by atoms with E-state index in [2.05, 4.69) is 12.2 Å². The summed E-state index contributed by atoms with van der Waals surface area (Å²) in [5, 5.41) is 3.70. The zero-order valence-corrected chi connectivity index (χ0v) is 12.1. The molecule has 2 heteroatoms. The van der Waals surface area contributed by atoms with Crippen molar-refractivity contribution in [2.75, 3.05) is 13.2 Å². The SMILES string of the molecule is CCNC(CC1CCCCC1)CC1CCCCO1. The fraction of sp³-hybridized carbons (Fsp3) is 1.00. The zero-order chi connectivity index (χ0) is 12.6. The fourth-order valence-corrected chi connectivity index (χ4v) is 3.69. The van der Waals surface area contributed by atoms with E-state index in [1.807, 2.05) is 0 Å². The molecule has 1 N–H and O–H groups in total. The number of hydrogen-bond acceptors (Lipinski definition) is 2. The van der Waals surface area contributed by atoms with E-state index in [0.717, 1.165) is 19.1 Å². The van der Waals surface area contributed by atoms with Crippen molar-refractivity contribution in [1.82, 2.24) is 5.32 Å². The lowest BCUT2D eigenvalue weighted by atomic mass is 9.83. The van der Waals surface area contributed by atoms with Crippen LogP contribution in [0.3, 0.4) is 0 Å². The maximum atomic E-state index is 5.90. The van der Waals surface area contributed by atoms with Crippen molar-refractivity contribution in [3.63, 3.8) is 0 Å². The maximum absolute atomic E-state index is 5.90. The minimum absolute atomic E-state index is 0.534. The van der Waals surface area contributed by atoms with E-state index in [4.69, 9.17) is 4.74 Å². The van der Waals surface area contributed by atoms with Crippen molar-refractivity contribution in [2.45, 2.75) is 83.3 Å². The number of ether oxygens (including phenoxy) is 1. The standard InChI is InChI=1S/C16H31NO/c1-2-17-15(12-14-8-4-3-5-9-14)13-16-10-6-7-11-18-16/h14-17H,2-13H2,1H3. The van der Waals surface area contributed by atoms with E-state index < -0.39 is 0 Å². The minimum Gasteiger partial charge on any atom is -0.378 e. The van der Waals surface area contributed by atoms with Crippen molar-refractivity contribution in [3.8, 4) is 0 Å². The first-order valence-corrected chi connectivity index (χ1v) is 8.23. The summed E-state index contributed by atoms with van der Waals surface area (Å²) in [6, 6.07) is 0.696. The predicted octanol–water partition coefficient (Wildman–Crippen LogP) is 3.89. The van der Waals surface area contributed by atoms with Crippen molar-refractivity contribution in [2.24, 2.45) is 5.92 Å². The van der Waals surface area contributed by atoms with Crippen LogP contribution in [0.2, 0.25) is 0 Å². The molecule has 1 aliphatic heterocycles. The smallest absolute Gasteiger partial charge is 0.0590 e. The molecule has 2 nitrogen and oxygen atoms in total. The Morgan fingerprint density at radius 3 is 2.44 bits per heavy atom. The summed E-state index contributed by atoms with van der Waals surface area (Å²) in [7, 11) is 0. The van der Waals surface area contributed by atoms with Crippen LogP contribution in [0.1, 0.15) is 71.1 Å². The van der Waals surface area contributed by atoms with Crippen LogP contribution in [-0.4, -0.2) is 25.3 Å². The summed E-state index contributed by atoms with van der Waals surface area (Å²) < 4.78 is 5.90. The quantitative estimate of drug-likeness (QED) is 0.775. The summed E-state index contributed by atoms with van der Waals surface area (Å²) in [5.41, 5.74) is 0. The van der Waals surface area contributed by atoms with Gasteiger partial charge >= 0.3 is 0 Å². The van der Waals surface area contributed by atoms with Gasteiger partial charge in [0.25, 0.3) is 0 Å². The second-order valence-electron chi connectivity index (χ2n) is 6.22. The third-order valence-electron chi connectivity index (χ3n) is 4.66. The average Bonchev–Trinajstić information content (AvgIpc) is 2.41. The summed E-state index contributed by atoms with van der Waals surface area (Å²) in [5.74, 6) is 0.978. The highest BCUT2D eigenvalue weighted by Gasteiger charge is 2.23. The highest BCUT2D eigenvalue weighted by atomic mass is 16.5. The van der Waals surface area contributed by atoms with Gasteiger partial charge in [0.05, 0.1) is 6.10 Å². The van der Waals surface area contributed by atoms with Crippen molar-refractivity contribution in [1.29, 1.82) is 0 Å². The van der Waals surface area contributed by atoms with E-state index in [1.165, 1.54) is 64.2 Å². The molecule has 106 valence electrons. The summed E-state index contributed by atoms with van der Waals surface area (Å²) >= 11 is 0. The molecule has 0 amide bonds. The molecule has 2 rings (SSSR count). The van der Waals surface area contributed by atoms with Gasteiger partial charge in [-0.3, -0.25) is 0 Å². The van der Waals surface area contributed by atoms with Crippen LogP contribution in [0.5, 0.6) is 0 Å². The molecule has 0 aromatic rings. The summed E-state index contributed by atoms with van der Waals surface area (Å²) in [4.78, 5) is 0. The Morgan fingerprint density at radius 2 is 1.78 bits per heavy atom. The van der Waals surface area contributed by atoms with Crippen molar-refractivity contribution < 1.29 is 4.74 Å². The normalized spacial score (nSPS) is 28.2. The predicted molar refractivity (Wildman–Crippen MR) is 76.9 cm³/mol. The third-order valence-corrected chi connectivity index (χ3v) is 4.66. The Kier molecular flexibility index (Phi) is 6.50. The molecule has 1 heterocycles. The second-order valence-corrected chi connectivity index (χ2v) is 6.22. The molecule has 0 spiro atoms. The molecule has 1 saturated carbocycles. The lowest BCUT2D eigenvalue weighted by molar-refractivity contribution is 0.00346. The van der Waals surface area contributed by atoms with Crippen LogP contribution in [0.25, 0.3) is 0 Å². The fourth-order valence-electron chi connectivity index (χ4n) is 3.69. The Labute approximate surface area is 113 Å². The van der Waals surface area contributed by atoms with Gasteiger partial charge in [-0.15, -0.1) is 0 Å². The first kappa shape index (κ1) is 14.3.